The van der Waals surface area contributed by atoms with Crippen LogP contribution in [0.3, 0.4) is 0 Å². The van der Waals surface area contributed by atoms with Crippen LogP contribution in [0.1, 0.15) is 13.3 Å². The maximum atomic E-state index is 12.0. The Morgan fingerprint density at radius 3 is 2.58 bits per heavy atom. The third-order valence-electron chi connectivity index (χ3n) is 2.76. The average molecular weight is 280 g/mol. The van der Waals surface area contributed by atoms with Crippen molar-refractivity contribution >= 4 is 28.6 Å². The van der Waals surface area contributed by atoms with Gasteiger partial charge in [0.15, 0.2) is 5.37 Å². The van der Waals surface area contributed by atoms with Gasteiger partial charge in [0.1, 0.15) is 5.75 Å². The first-order valence-corrected chi connectivity index (χ1v) is 6.96. The summed E-state index contributed by atoms with van der Waals surface area (Å²) in [6, 6.07) is 7.25. The summed E-state index contributed by atoms with van der Waals surface area (Å²) < 4.78 is 5.06. The molecule has 1 saturated heterocycles. The van der Waals surface area contributed by atoms with Crippen molar-refractivity contribution in [3.8, 4) is 5.75 Å². The molecule has 5 nitrogen and oxygen atoms in total. The molecule has 1 N–H and O–H groups in total. The van der Waals surface area contributed by atoms with Crippen molar-refractivity contribution in [2.75, 3.05) is 19.0 Å². The number of anilines is 1. The van der Waals surface area contributed by atoms with E-state index in [9.17, 15) is 9.59 Å². The largest absolute Gasteiger partial charge is 0.497 e. The molecule has 0 aromatic heterocycles. The SMILES string of the molecule is CCCN1C(=O)S[C@H](Nc2ccc(OC)cc2)C1=O. The molecule has 1 heterocycles. The Labute approximate surface area is 116 Å². The number of methoxy groups -OCH3 is 1. The van der Waals surface area contributed by atoms with E-state index in [4.69, 9.17) is 4.74 Å². The van der Waals surface area contributed by atoms with Crippen molar-refractivity contribution in [2.45, 2.75) is 18.7 Å². The zero-order valence-corrected chi connectivity index (χ0v) is 11.7. The van der Waals surface area contributed by atoms with Crippen LogP contribution in [0.5, 0.6) is 5.75 Å². The second-order valence-corrected chi connectivity index (χ2v) is 5.18. The highest BCUT2D eigenvalue weighted by atomic mass is 32.2. The molecule has 0 unspecified atom stereocenters. The molecular weight excluding hydrogens is 264 g/mol. The fourth-order valence-corrected chi connectivity index (χ4v) is 2.73. The number of rotatable bonds is 5. The molecule has 0 bridgehead atoms. The van der Waals surface area contributed by atoms with Gasteiger partial charge in [0.2, 0.25) is 0 Å². The molecule has 1 aromatic rings. The standard InChI is InChI=1S/C13H16N2O3S/c1-3-8-15-12(16)11(19-13(15)17)14-9-4-6-10(18-2)7-5-9/h4-7,11,14H,3,8H2,1-2H3/t11-/m0/s1. The minimum absolute atomic E-state index is 0.173. The Morgan fingerprint density at radius 2 is 2.00 bits per heavy atom. The molecule has 1 aromatic carbocycles. The molecule has 2 rings (SSSR count). The fourth-order valence-electron chi connectivity index (χ4n) is 1.80. The van der Waals surface area contributed by atoms with Crippen molar-refractivity contribution in [1.29, 1.82) is 0 Å². The van der Waals surface area contributed by atoms with E-state index in [1.54, 1.807) is 19.2 Å². The summed E-state index contributed by atoms with van der Waals surface area (Å²) in [5.41, 5.74) is 0.790. The molecule has 0 saturated carbocycles. The van der Waals surface area contributed by atoms with E-state index in [-0.39, 0.29) is 11.1 Å². The second kappa shape index (κ2) is 5.97. The maximum Gasteiger partial charge on any atom is 0.290 e. The molecule has 0 spiro atoms. The molecule has 2 amide bonds. The molecule has 0 aliphatic carbocycles. The smallest absolute Gasteiger partial charge is 0.290 e. The van der Waals surface area contributed by atoms with Gasteiger partial charge >= 0.3 is 0 Å². The Bertz CT molecular complexity index is 475. The van der Waals surface area contributed by atoms with E-state index in [0.717, 1.165) is 29.6 Å². The lowest BCUT2D eigenvalue weighted by Crippen LogP contribution is -2.34. The van der Waals surface area contributed by atoms with E-state index in [1.807, 2.05) is 19.1 Å². The summed E-state index contributed by atoms with van der Waals surface area (Å²) in [5.74, 6) is 0.576. The third kappa shape index (κ3) is 3.01. The lowest BCUT2D eigenvalue weighted by Gasteiger charge is -2.14. The van der Waals surface area contributed by atoms with E-state index in [0.29, 0.717) is 6.54 Å². The summed E-state index contributed by atoms with van der Waals surface area (Å²) in [7, 11) is 1.60. The molecular formula is C13H16N2O3S. The number of nitrogens with one attached hydrogen (secondary N) is 1. The first kappa shape index (κ1) is 13.7. The zero-order chi connectivity index (χ0) is 13.8. The van der Waals surface area contributed by atoms with Crippen LogP contribution >= 0.6 is 11.8 Å². The zero-order valence-electron chi connectivity index (χ0n) is 10.9. The van der Waals surface area contributed by atoms with E-state index < -0.39 is 5.37 Å². The molecule has 1 fully saturated rings. The van der Waals surface area contributed by atoms with Crippen LogP contribution in [0, 0.1) is 0 Å². The number of carbonyl (C=O) groups excluding carboxylic acids is 2. The van der Waals surface area contributed by atoms with Gasteiger partial charge in [-0.15, -0.1) is 0 Å². The van der Waals surface area contributed by atoms with Crippen LogP contribution in [0.4, 0.5) is 10.5 Å². The molecule has 1 aliphatic heterocycles. The van der Waals surface area contributed by atoms with Gasteiger partial charge in [-0.2, -0.15) is 0 Å². The second-order valence-electron chi connectivity index (χ2n) is 4.13. The minimum atomic E-state index is -0.535. The normalized spacial score (nSPS) is 18.8. The van der Waals surface area contributed by atoms with Crippen molar-refractivity contribution in [1.82, 2.24) is 4.90 Å². The van der Waals surface area contributed by atoms with E-state index in [1.165, 1.54) is 4.90 Å². The Morgan fingerprint density at radius 1 is 1.32 bits per heavy atom. The van der Waals surface area contributed by atoms with Gasteiger partial charge in [0, 0.05) is 12.2 Å². The highest BCUT2D eigenvalue weighted by Gasteiger charge is 2.38. The van der Waals surface area contributed by atoms with Gasteiger partial charge < -0.3 is 10.1 Å². The molecule has 102 valence electrons. The average Bonchev–Trinajstić information content (AvgIpc) is 2.68. The van der Waals surface area contributed by atoms with Crippen molar-refractivity contribution in [3.05, 3.63) is 24.3 Å². The number of nitrogens with zero attached hydrogens (tertiary/aromatic N) is 1. The fraction of sp³-hybridized carbons (Fsp3) is 0.385. The summed E-state index contributed by atoms with van der Waals surface area (Å²) in [5, 5.41) is 2.34. The summed E-state index contributed by atoms with van der Waals surface area (Å²) >= 11 is 1.02. The maximum absolute atomic E-state index is 12.0. The number of hydrogen-bond acceptors (Lipinski definition) is 5. The predicted octanol–water partition coefficient (Wildman–Crippen LogP) is 2.54. The van der Waals surface area contributed by atoms with Crippen molar-refractivity contribution in [2.24, 2.45) is 0 Å². The Hall–Kier alpha value is -1.69. The van der Waals surface area contributed by atoms with Crippen LogP contribution in [-0.2, 0) is 4.79 Å². The topological polar surface area (TPSA) is 58.6 Å². The highest BCUT2D eigenvalue weighted by molar-refractivity contribution is 8.15. The summed E-state index contributed by atoms with van der Waals surface area (Å²) in [6.07, 6.45) is 0.771. The molecule has 6 heteroatoms. The number of amides is 2. The predicted molar refractivity (Wildman–Crippen MR) is 75.4 cm³/mol. The number of benzene rings is 1. The lowest BCUT2D eigenvalue weighted by molar-refractivity contribution is -0.126. The quantitative estimate of drug-likeness (QED) is 0.898. The van der Waals surface area contributed by atoms with Gasteiger partial charge in [0.05, 0.1) is 7.11 Å². The van der Waals surface area contributed by atoms with Gasteiger partial charge in [-0.25, -0.2) is 0 Å². The van der Waals surface area contributed by atoms with Gasteiger partial charge in [-0.3, -0.25) is 14.5 Å². The summed E-state index contributed by atoms with van der Waals surface area (Å²) in [4.78, 5) is 25.0. The number of ether oxygens (including phenoxy) is 1. The number of hydrogen-bond donors (Lipinski definition) is 1. The Kier molecular flexibility index (Phi) is 4.31. The van der Waals surface area contributed by atoms with Crippen LogP contribution in [0.15, 0.2) is 24.3 Å². The number of imide groups is 1. The Balaban J connectivity index is 2.03. The lowest BCUT2D eigenvalue weighted by atomic mass is 10.3. The highest BCUT2D eigenvalue weighted by Crippen LogP contribution is 2.28. The molecule has 1 aliphatic rings. The number of carbonyl (C=O) groups is 2. The van der Waals surface area contributed by atoms with Crippen LogP contribution in [-0.4, -0.2) is 35.1 Å². The van der Waals surface area contributed by atoms with Crippen molar-refractivity contribution in [3.63, 3.8) is 0 Å². The minimum Gasteiger partial charge on any atom is -0.497 e. The van der Waals surface area contributed by atoms with Crippen LogP contribution in [0.25, 0.3) is 0 Å². The summed E-state index contributed by atoms with van der Waals surface area (Å²) in [6.45, 7) is 2.42. The van der Waals surface area contributed by atoms with Gasteiger partial charge in [0.25, 0.3) is 11.1 Å². The van der Waals surface area contributed by atoms with Crippen molar-refractivity contribution < 1.29 is 14.3 Å². The molecule has 0 radical (unpaired) electrons. The third-order valence-corrected chi connectivity index (χ3v) is 3.74. The monoisotopic (exact) mass is 280 g/mol. The first-order chi connectivity index (χ1) is 9.15. The molecule has 1 atom stereocenters. The number of thioether (sulfide) groups is 1. The van der Waals surface area contributed by atoms with Gasteiger partial charge in [-0.05, 0) is 42.4 Å². The van der Waals surface area contributed by atoms with Crippen LogP contribution in [0.2, 0.25) is 0 Å². The van der Waals surface area contributed by atoms with Crippen LogP contribution < -0.4 is 10.1 Å². The van der Waals surface area contributed by atoms with E-state index in [2.05, 4.69) is 5.32 Å². The van der Waals surface area contributed by atoms with E-state index >= 15 is 0 Å². The van der Waals surface area contributed by atoms with Gasteiger partial charge in [-0.1, -0.05) is 6.92 Å². The molecule has 19 heavy (non-hydrogen) atoms. The first-order valence-electron chi connectivity index (χ1n) is 6.08.